The smallest absolute Gasteiger partial charge is 0.123 e. The van der Waals surface area contributed by atoms with Gasteiger partial charge in [0.15, 0.2) is 0 Å². The first-order valence-electron chi connectivity index (χ1n) is 4.84. The quantitative estimate of drug-likeness (QED) is 0.779. The summed E-state index contributed by atoms with van der Waals surface area (Å²) in [6.45, 7) is 0. The van der Waals surface area contributed by atoms with E-state index in [-0.39, 0.29) is 6.04 Å². The summed E-state index contributed by atoms with van der Waals surface area (Å²) in [5, 5.41) is 3.96. The molecule has 1 rings (SSSR count). The SMILES string of the molecule is CNC(CCS)c1cc(Cl)ccc1OC. The van der Waals surface area contributed by atoms with Crippen LogP contribution in [0.3, 0.4) is 0 Å². The number of hydrogen-bond acceptors (Lipinski definition) is 3. The molecule has 0 aliphatic heterocycles. The van der Waals surface area contributed by atoms with Gasteiger partial charge in [-0.1, -0.05) is 11.6 Å². The fourth-order valence-electron chi connectivity index (χ4n) is 1.56. The van der Waals surface area contributed by atoms with Crippen molar-refractivity contribution in [3.63, 3.8) is 0 Å². The van der Waals surface area contributed by atoms with Gasteiger partial charge >= 0.3 is 0 Å². The first kappa shape index (κ1) is 12.7. The zero-order valence-electron chi connectivity index (χ0n) is 8.96. The maximum atomic E-state index is 5.97. The lowest BCUT2D eigenvalue weighted by molar-refractivity contribution is 0.400. The first-order valence-corrected chi connectivity index (χ1v) is 5.85. The summed E-state index contributed by atoms with van der Waals surface area (Å²) in [6, 6.07) is 5.89. The lowest BCUT2D eigenvalue weighted by atomic mass is 10.0. The van der Waals surface area contributed by atoms with Crippen molar-refractivity contribution in [1.29, 1.82) is 0 Å². The van der Waals surface area contributed by atoms with E-state index in [9.17, 15) is 0 Å². The van der Waals surface area contributed by atoms with Gasteiger partial charge in [-0.3, -0.25) is 0 Å². The normalized spacial score (nSPS) is 12.5. The highest BCUT2D eigenvalue weighted by molar-refractivity contribution is 7.80. The van der Waals surface area contributed by atoms with Crippen LogP contribution in [0.15, 0.2) is 18.2 Å². The van der Waals surface area contributed by atoms with E-state index in [0.717, 1.165) is 28.5 Å². The van der Waals surface area contributed by atoms with E-state index in [1.165, 1.54) is 0 Å². The monoisotopic (exact) mass is 245 g/mol. The fourth-order valence-corrected chi connectivity index (χ4v) is 2.00. The Morgan fingerprint density at radius 2 is 2.27 bits per heavy atom. The first-order chi connectivity index (χ1) is 7.22. The van der Waals surface area contributed by atoms with Gasteiger partial charge in [0.05, 0.1) is 7.11 Å². The van der Waals surface area contributed by atoms with Crippen LogP contribution in [-0.4, -0.2) is 19.9 Å². The molecular weight excluding hydrogens is 230 g/mol. The number of hydrogen-bond donors (Lipinski definition) is 2. The summed E-state index contributed by atoms with van der Waals surface area (Å²) in [4.78, 5) is 0. The Balaban J connectivity index is 3.02. The van der Waals surface area contributed by atoms with Crippen LogP contribution < -0.4 is 10.1 Å². The summed E-state index contributed by atoms with van der Waals surface area (Å²) >= 11 is 10.2. The van der Waals surface area contributed by atoms with Crippen molar-refractivity contribution < 1.29 is 4.74 Å². The lowest BCUT2D eigenvalue weighted by Crippen LogP contribution is -2.17. The molecule has 4 heteroatoms. The second-order valence-electron chi connectivity index (χ2n) is 3.24. The van der Waals surface area contributed by atoms with E-state index in [2.05, 4.69) is 17.9 Å². The number of ether oxygens (including phenoxy) is 1. The van der Waals surface area contributed by atoms with Crippen LogP contribution in [0.1, 0.15) is 18.0 Å². The van der Waals surface area contributed by atoms with E-state index in [4.69, 9.17) is 16.3 Å². The Morgan fingerprint density at radius 3 is 2.80 bits per heavy atom. The molecule has 15 heavy (non-hydrogen) atoms. The summed E-state index contributed by atoms with van der Waals surface area (Å²) < 4.78 is 5.31. The van der Waals surface area contributed by atoms with Gasteiger partial charge in [-0.2, -0.15) is 12.6 Å². The highest BCUT2D eigenvalue weighted by Crippen LogP contribution is 2.29. The van der Waals surface area contributed by atoms with Gasteiger partial charge in [0.25, 0.3) is 0 Å². The fraction of sp³-hybridized carbons (Fsp3) is 0.455. The van der Waals surface area contributed by atoms with Crippen LogP contribution in [0.2, 0.25) is 5.02 Å². The molecule has 2 nitrogen and oxygen atoms in total. The van der Waals surface area contributed by atoms with Gasteiger partial charge in [0, 0.05) is 16.6 Å². The maximum Gasteiger partial charge on any atom is 0.123 e. The van der Waals surface area contributed by atoms with Crippen LogP contribution in [-0.2, 0) is 0 Å². The zero-order chi connectivity index (χ0) is 11.3. The minimum absolute atomic E-state index is 0.233. The number of rotatable bonds is 5. The molecule has 1 unspecified atom stereocenters. The van der Waals surface area contributed by atoms with Crippen LogP contribution in [0.4, 0.5) is 0 Å². The molecule has 1 aromatic carbocycles. The standard InChI is InChI=1S/C11H16ClNOS/c1-13-10(5-6-15)9-7-8(12)3-4-11(9)14-2/h3-4,7,10,13,15H,5-6H2,1-2H3. The van der Waals surface area contributed by atoms with E-state index in [1.54, 1.807) is 7.11 Å². The van der Waals surface area contributed by atoms with Gasteiger partial charge in [0.2, 0.25) is 0 Å². The third-order valence-corrected chi connectivity index (χ3v) is 2.83. The van der Waals surface area contributed by atoms with Crippen molar-refractivity contribution in [1.82, 2.24) is 5.32 Å². The number of methoxy groups -OCH3 is 1. The Bertz CT molecular complexity index is 319. The molecule has 0 aromatic heterocycles. The minimum Gasteiger partial charge on any atom is -0.496 e. The third-order valence-electron chi connectivity index (χ3n) is 2.33. The molecule has 0 saturated heterocycles. The topological polar surface area (TPSA) is 21.3 Å². The number of benzene rings is 1. The molecule has 1 aromatic rings. The molecule has 0 aliphatic rings. The molecule has 1 atom stereocenters. The molecular formula is C11H16ClNOS. The largest absolute Gasteiger partial charge is 0.496 e. The van der Waals surface area contributed by atoms with Gasteiger partial charge < -0.3 is 10.1 Å². The molecule has 0 heterocycles. The molecule has 0 bridgehead atoms. The Labute approximate surface area is 101 Å². The average molecular weight is 246 g/mol. The summed E-state index contributed by atoms with van der Waals surface area (Å²) in [7, 11) is 3.59. The predicted octanol–water partition coefficient (Wildman–Crippen LogP) is 2.93. The molecule has 0 radical (unpaired) electrons. The summed E-state index contributed by atoms with van der Waals surface area (Å²) in [5.41, 5.74) is 1.08. The lowest BCUT2D eigenvalue weighted by Gasteiger charge is -2.18. The number of thiol groups is 1. The highest BCUT2D eigenvalue weighted by Gasteiger charge is 2.13. The molecule has 84 valence electrons. The molecule has 0 amide bonds. The second kappa shape index (κ2) is 6.26. The van der Waals surface area contributed by atoms with Crippen molar-refractivity contribution in [2.24, 2.45) is 0 Å². The average Bonchev–Trinajstić information content (AvgIpc) is 2.26. The van der Waals surface area contributed by atoms with Gasteiger partial charge in [0.1, 0.15) is 5.75 Å². The Hall–Kier alpha value is -0.380. The van der Waals surface area contributed by atoms with E-state index in [0.29, 0.717) is 0 Å². The Morgan fingerprint density at radius 1 is 1.53 bits per heavy atom. The van der Waals surface area contributed by atoms with Crippen molar-refractivity contribution in [2.45, 2.75) is 12.5 Å². The minimum atomic E-state index is 0.233. The maximum absolute atomic E-state index is 5.97. The van der Waals surface area contributed by atoms with Crippen LogP contribution >= 0.6 is 24.2 Å². The van der Waals surface area contributed by atoms with Crippen LogP contribution in [0.25, 0.3) is 0 Å². The zero-order valence-corrected chi connectivity index (χ0v) is 10.6. The van der Waals surface area contributed by atoms with Gasteiger partial charge in [-0.05, 0) is 37.4 Å². The van der Waals surface area contributed by atoms with Crippen LogP contribution in [0, 0.1) is 0 Å². The molecule has 1 N–H and O–H groups in total. The van der Waals surface area contributed by atoms with Crippen LogP contribution in [0.5, 0.6) is 5.75 Å². The van der Waals surface area contributed by atoms with Gasteiger partial charge in [-0.15, -0.1) is 0 Å². The van der Waals surface area contributed by atoms with E-state index >= 15 is 0 Å². The van der Waals surface area contributed by atoms with E-state index < -0.39 is 0 Å². The van der Waals surface area contributed by atoms with Crippen molar-refractivity contribution in [3.05, 3.63) is 28.8 Å². The summed E-state index contributed by atoms with van der Waals surface area (Å²) in [5.74, 6) is 1.68. The molecule has 0 spiro atoms. The van der Waals surface area contributed by atoms with Gasteiger partial charge in [-0.25, -0.2) is 0 Å². The number of halogens is 1. The highest BCUT2D eigenvalue weighted by atomic mass is 35.5. The van der Waals surface area contributed by atoms with Crippen molar-refractivity contribution in [2.75, 3.05) is 19.9 Å². The summed E-state index contributed by atoms with van der Waals surface area (Å²) in [6.07, 6.45) is 0.941. The van der Waals surface area contributed by atoms with E-state index in [1.807, 2.05) is 25.2 Å². The second-order valence-corrected chi connectivity index (χ2v) is 4.12. The molecule has 0 saturated carbocycles. The predicted molar refractivity (Wildman–Crippen MR) is 68.3 cm³/mol. The van der Waals surface area contributed by atoms with Crippen molar-refractivity contribution >= 4 is 24.2 Å². The Kier molecular flexibility index (Phi) is 5.29. The number of nitrogens with one attached hydrogen (secondary N) is 1. The molecule has 0 fully saturated rings. The third kappa shape index (κ3) is 3.30. The van der Waals surface area contributed by atoms with Crippen molar-refractivity contribution in [3.8, 4) is 5.75 Å². The molecule has 0 aliphatic carbocycles.